The number of hydrogen-bond acceptors (Lipinski definition) is 4. The predicted octanol–water partition coefficient (Wildman–Crippen LogP) is 5.09. The maximum absolute atomic E-state index is 13.2. The van der Waals surface area contributed by atoms with E-state index in [1.807, 2.05) is 72.3 Å². The molecule has 3 aromatic carbocycles. The highest BCUT2D eigenvalue weighted by Crippen LogP contribution is 2.36. The van der Waals surface area contributed by atoms with Gasteiger partial charge in [0.05, 0.1) is 0 Å². The Hall–Kier alpha value is -3.45. The summed E-state index contributed by atoms with van der Waals surface area (Å²) in [6.45, 7) is 0. The Bertz CT molecular complexity index is 1130. The van der Waals surface area contributed by atoms with Crippen molar-refractivity contribution in [3.63, 3.8) is 0 Å². The highest BCUT2D eigenvalue weighted by Gasteiger charge is 2.25. The van der Waals surface area contributed by atoms with Crippen LogP contribution in [0.1, 0.15) is 10.8 Å². The first-order valence-electron chi connectivity index (χ1n) is 9.34. The summed E-state index contributed by atoms with van der Waals surface area (Å²) in [5.41, 5.74) is 2.32. The molecule has 5 nitrogen and oxygen atoms in total. The van der Waals surface area contributed by atoms with Crippen molar-refractivity contribution in [3.8, 4) is 11.4 Å². The van der Waals surface area contributed by atoms with E-state index in [1.54, 1.807) is 0 Å². The summed E-state index contributed by atoms with van der Waals surface area (Å²) in [4.78, 5) is 13.1. The molecule has 7 heteroatoms. The fraction of sp³-hybridized carbons (Fsp3) is 0.0870. The van der Waals surface area contributed by atoms with Gasteiger partial charge in [-0.2, -0.15) is 0 Å². The summed E-state index contributed by atoms with van der Waals surface area (Å²) >= 11 is 1.32. The second kappa shape index (κ2) is 8.92. The van der Waals surface area contributed by atoms with Crippen molar-refractivity contribution in [1.29, 1.82) is 0 Å². The van der Waals surface area contributed by atoms with E-state index in [2.05, 4.69) is 15.5 Å². The largest absolute Gasteiger partial charge is 0.325 e. The minimum atomic E-state index is -0.553. The van der Waals surface area contributed by atoms with E-state index in [-0.39, 0.29) is 11.7 Å². The van der Waals surface area contributed by atoms with Crippen LogP contribution < -0.4 is 5.32 Å². The molecule has 0 radical (unpaired) electrons. The fourth-order valence-electron chi connectivity index (χ4n) is 3.00. The van der Waals surface area contributed by atoms with Gasteiger partial charge in [0.15, 0.2) is 11.0 Å². The zero-order chi connectivity index (χ0) is 20.9. The van der Waals surface area contributed by atoms with E-state index in [1.165, 1.54) is 36.0 Å². The monoisotopic (exact) mass is 418 g/mol. The molecule has 0 aliphatic heterocycles. The standard InChI is InChI=1S/C23H19FN4OS/c1-28-21(17-10-6-3-7-11-17)26-27-23(28)30-20(16-8-4-2-5-9-16)22(29)25-19-14-12-18(24)13-15-19/h2-15,20H,1H3,(H,25,29)/t20-/m1/s1. The molecule has 0 bridgehead atoms. The Balaban J connectivity index is 1.62. The number of nitrogens with zero attached hydrogens (tertiary/aromatic N) is 3. The molecule has 4 aromatic rings. The third kappa shape index (κ3) is 4.41. The topological polar surface area (TPSA) is 59.8 Å². The zero-order valence-corrected chi connectivity index (χ0v) is 17.0. The van der Waals surface area contributed by atoms with Crippen molar-refractivity contribution in [2.24, 2.45) is 7.05 Å². The Labute approximate surface area is 178 Å². The second-order valence-electron chi connectivity index (χ2n) is 6.64. The van der Waals surface area contributed by atoms with E-state index < -0.39 is 5.25 Å². The first-order valence-corrected chi connectivity index (χ1v) is 10.2. The number of rotatable bonds is 6. The van der Waals surface area contributed by atoms with Crippen molar-refractivity contribution in [2.75, 3.05) is 5.32 Å². The molecule has 1 aromatic heterocycles. The quantitative estimate of drug-likeness (QED) is 0.443. The highest BCUT2D eigenvalue weighted by atomic mass is 32.2. The Morgan fingerprint density at radius 1 is 0.933 bits per heavy atom. The normalized spacial score (nSPS) is 11.8. The SMILES string of the molecule is Cn1c(S[C@@H](C(=O)Nc2ccc(F)cc2)c2ccccc2)nnc1-c1ccccc1. The number of hydrogen-bond donors (Lipinski definition) is 1. The van der Waals surface area contributed by atoms with Crippen LogP contribution >= 0.6 is 11.8 Å². The van der Waals surface area contributed by atoms with Gasteiger partial charge in [0.25, 0.3) is 0 Å². The van der Waals surface area contributed by atoms with Crippen molar-refractivity contribution < 1.29 is 9.18 Å². The molecule has 0 unspecified atom stereocenters. The number of amides is 1. The number of halogens is 1. The summed E-state index contributed by atoms with van der Waals surface area (Å²) in [5.74, 6) is 0.153. The average molecular weight is 418 g/mol. The highest BCUT2D eigenvalue weighted by molar-refractivity contribution is 8.00. The second-order valence-corrected chi connectivity index (χ2v) is 7.71. The Kier molecular flexibility index (Phi) is 5.90. The lowest BCUT2D eigenvalue weighted by Crippen LogP contribution is -2.19. The van der Waals surface area contributed by atoms with Crippen LogP contribution in [-0.4, -0.2) is 20.7 Å². The number of carbonyl (C=O) groups is 1. The van der Waals surface area contributed by atoms with Crippen LogP contribution in [0.25, 0.3) is 11.4 Å². The molecule has 30 heavy (non-hydrogen) atoms. The molecule has 4 rings (SSSR count). The number of thioether (sulfide) groups is 1. The third-order valence-corrected chi connectivity index (χ3v) is 5.83. The Morgan fingerprint density at radius 2 is 1.57 bits per heavy atom. The number of anilines is 1. The van der Waals surface area contributed by atoms with Gasteiger partial charge < -0.3 is 9.88 Å². The number of carbonyl (C=O) groups excluding carboxylic acids is 1. The van der Waals surface area contributed by atoms with Gasteiger partial charge in [-0.15, -0.1) is 10.2 Å². The van der Waals surface area contributed by atoms with Crippen molar-refractivity contribution in [3.05, 3.63) is 96.3 Å². The lowest BCUT2D eigenvalue weighted by molar-refractivity contribution is -0.115. The number of benzene rings is 3. The van der Waals surface area contributed by atoms with Crippen LogP contribution in [0.5, 0.6) is 0 Å². The first kappa shape index (κ1) is 19.8. The average Bonchev–Trinajstić information content (AvgIpc) is 3.15. The lowest BCUT2D eigenvalue weighted by atomic mass is 10.1. The number of aromatic nitrogens is 3. The third-order valence-electron chi connectivity index (χ3n) is 4.54. The first-order chi connectivity index (χ1) is 14.6. The van der Waals surface area contributed by atoms with Gasteiger partial charge in [-0.25, -0.2) is 4.39 Å². The van der Waals surface area contributed by atoms with Crippen molar-refractivity contribution in [2.45, 2.75) is 10.4 Å². The van der Waals surface area contributed by atoms with E-state index in [0.29, 0.717) is 10.8 Å². The van der Waals surface area contributed by atoms with Gasteiger partial charge in [-0.3, -0.25) is 4.79 Å². The summed E-state index contributed by atoms with van der Waals surface area (Å²) in [5, 5.41) is 11.5. The number of nitrogens with one attached hydrogen (secondary N) is 1. The van der Waals surface area contributed by atoms with Crippen LogP contribution in [0.4, 0.5) is 10.1 Å². The molecule has 1 N–H and O–H groups in total. The molecule has 0 saturated heterocycles. The molecule has 0 fully saturated rings. The van der Waals surface area contributed by atoms with Gasteiger partial charge in [-0.1, -0.05) is 72.4 Å². The van der Waals surface area contributed by atoms with Gasteiger partial charge in [0.2, 0.25) is 5.91 Å². The predicted molar refractivity (Wildman–Crippen MR) is 117 cm³/mol. The van der Waals surface area contributed by atoms with Crippen LogP contribution in [0, 0.1) is 5.82 Å². The summed E-state index contributed by atoms with van der Waals surface area (Å²) in [6, 6.07) is 24.9. The Morgan fingerprint density at radius 3 is 2.23 bits per heavy atom. The molecule has 0 aliphatic carbocycles. The summed E-state index contributed by atoms with van der Waals surface area (Å²) in [6.07, 6.45) is 0. The lowest BCUT2D eigenvalue weighted by Gasteiger charge is -2.16. The molecule has 150 valence electrons. The smallest absolute Gasteiger partial charge is 0.242 e. The van der Waals surface area contributed by atoms with Crippen LogP contribution in [0.2, 0.25) is 0 Å². The van der Waals surface area contributed by atoms with Crippen LogP contribution in [0.15, 0.2) is 90.1 Å². The molecular weight excluding hydrogens is 399 g/mol. The van der Waals surface area contributed by atoms with Gasteiger partial charge in [0, 0.05) is 18.3 Å². The molecule has 0 saturated carbocycles. The molecular formula is C23H19FN4OS. The molecule has 0 aliphatic rings. The van der Waals surface area contributed by atoms with E-state index in [9.17, 15) is 9.18 Å². The maximum atomic E-state index is 13.2. The van der Waals surface area contributed by atoms with Crippen LogP contribution in [0.3, 0.4) is 0 Å². The van der Waals surface area contributed by atoms with Crippen molar-refractivity contribution in [1.82, 2.24) is 14.8 Å². The maximum Gasteiger partial charge on any atom is 0.242 e. The minimum absolute atomic E-state index is 0.220. The van der Waals surface area contributed by atoms with Crippen molar-refractivity contribution >= 4 is 23.4 Å². The zero-order valence-electron chi connectivity index (χ0n) is 16.2. The summed E-state index contributed by atoms with van der Waals surface area (Å²) in [7, 11) is 1.88. The minimum Gasteiger partial charge on any atom is -0.325 e. The van der Waals surface area contributed by atoms with Gasteiger partial charge in [0.1, 0.15) is 11.1 Å². The molecule has 1 amide bonds. The molecule has 1 heterocycles. The summed E-state index contributed by atoms with van der Waals surface area (Å²) < 4.78 is 15.1. The molecule has 1 atom stereocenters. The van der Waals surface area contributed by atoms with E-state index in [4.69, 9.17) is 0 Å². The van der Waals surface area contributed by atoms with E-state index in [0.717, 1.165) is 17.0 Å². The van der Waals surface area contributed by atoms with Crippen LogP contribution in [-0.2, 0) is 11.8 Å². The van der Waals surface area contributed by atoms with Gasteiger partial charge >= 0.3 is 0 Å². The van der Waals surface area contributed by atoms with E-state index >= 15 is 0 Å². The molecule has 0 spiro atoms. The van der Waals surface area contributed by atoms with Gasteiger partial charge in [-0.05, 0) is 29.8 Å². The fourth-order valence-corrected chi connectivity index (χ4v) is 4.01.